The van der Waals surface area contributed by atoms with Gasteiger partial charge in [0.25, 0.3) is 15.9 Å². The molecular formula is C23H20N4O3S2. The molecule has 0 aliphatic rings. The summed E-state index contributed by atoms with van der Waals surface area (Å²) in [6.45, 7) is 1.95. The molecule has 1 heterocycles. The number of hydrogen-bond donors (Lipinski definition) is 2. The fourth-order valence-electron chi connectivity index (χ4n) is 3.16. The summed E-state index contributed by atoms with van der Waals surface area (Å²) in [4.78, 5) is 12.3. The van der Waals surface area contributed by atoms with Gasteiger partial charge in [-0.1, -0.05) is 89.7 Å². The number of anilines is 1. The fraction of sp³-hybridized carbons (Fsp3) is 0.0870. The molecule has 1 atom stereocenters. The molecule has 4 aromatic rings. The molecule has 1 amide bonds. The summed E-state index contributed by atoms with van der Waals surface area (Å²) in [5.74, 6) is -0.388. The number of amides is 1. The van der Waals surface area contributed by atoms with Crippen molar-refractivity contribution in [3.8, 4) is 0 Å². The van der Waals surface area contributed by atoms with E-state index < -0.39 is 16.1 Å². The van der Waals surface area contributed by atoms with Crippen LogP contribution in [0.5, 0.6) is 0 Å². The van der Waals surface area contributed by atoms with Crippen LogP contribution in [-0.4, -0.2) is 24.5 Å². The van der Waals surface area contributed by atoms with E-state index in [4.69, 9.17) is 0 Å². The Morgan fingerprint density at radius 1 is 0.875 bits per heavy atom. The molecule has 9 heteroatoms. The minimum atomic E-state index is -4.00. The zero-order chi connectivity index (χ0) is 22.6. The average molecular weight is 465 g/mol. The number of hydrogen-bond acceptors (Lipinski definition) is 6. The van der Waals surface area contributed by atoms with Crippen LogP contribution < -0.4 is 10.0 Å². The molecule has 0 aliphatic carbocycles. The van der Waals surface area contributed by atoms with Gasteiger partial charge in [-0.25, -0.2) is 8.42 Å². The van der Waals surface area contributed by atoms with Crippen molar-refractivity contribution in [1.29, 1.82) is 0 Å². The van der Waals surface area contributed by atoms with Crippen molar-refractivity contribution in [2.45, 2.75) is 17.3 Å². The molecular weight excluding hydrogens is 444 g/mol. The lowest BCUT2D eigenvalue weighted by atomic mass is 9.98. The van der Waals surface area contributed by atoms with E-state index in [2.05, 4.69) is 20.2 Å². The molecule has 0 fully saturated rings. The van der Waals surface area contributed by atoms with E-state index in [0.29, 0.717) is 5.56 Å². The van der Waals surface area contributed by atoms with Gasteiger partial charge in [-0.3, -0.25) is 10.1 Å². The Morgan fingerprint density at radius 2 is 1.53 bits per heavy atom. The van der Waals surface area contributed by atoms with Gasteiger partial charge in [-0.2, -0.15) is 4.72 Å². The lowest BCUT2D eigenvalue weighted by Crippen LogP contribution is -2.29. The number of nitrogens with zero attached hydrogens (tertiary/aromatic N) is 2. The van der Waals surface area contributed by atoms with Crippen molar-refractivity contribution in [3.63, 3.8) is 0 Å². The standard InChI is InChI=1S/C23H20N4O3S2/c1-16-9-8-14-19(15-16)20(17-10-4-2-5-11-17)27-32(29,30)23-26-25-22(31-23)24-21(28)18-12-6-3-7-13-18/h2-15,20,27H,1H3,(H,24,25,28). The highest BCUT2D eigenvalue weighted by Crippen LogP contribution is 2.27. The summed E-state index contributed by atoms with van der Waals surface area (Å²) in [5, 5.41) is 10.3. The predicted octanol–water partition coefficient (Wildman–Crippen LogP) is 4.17. The molecule has 1 aromatic heterocycles. The molecule has 3 aromatic carbocycles. The summed E-state index contributed by atoms with van der Waals surface area (Å²) in [5.41, 5.74) is 3.06. The van der Waals surface area contributed by atoms with Crippen LogP contribution in [0, 0.1) is 6.92 Å². The first-order chi connectivity index (χ1) is 15.4. The number of sulfonamides is 1. The minimum Gasteiger partial charge on any atom is -0.296 e. The van der Waals surface area contributed by atoms with Crippen LogP contribution in [0.15, 0.2) is 89.3 Å². The number of aryl methyl sites for hydroxylation is 1. The van der Waals surface area contributed by atoms with Crippen molar-refractivity contribution >= 4 is 32.4 Å². The third kappa shape index (κ3) is 5.08. The molecule has 0 saturated heterocycles. The predicted molar refractivity (Wildman–Crippen MR) is 124 cm³/mol. The monoisotopic (exact) mass is 464 g/mol. The molecule has 7 nitrogen and oxygen atoms in total. The maximum absolute atomic E-state index is 13.1. The molecule has 0 aliphatic heterocycles. The molecule has 32 heavy (non-hydrogen) atoms. The number of carbonyl (C=O) groups is 1. The van der Waals surface area contributed by atoms with Gasteiger partial charge in [0, 0.05) is 5.56 Å². The second-order valence-corrected chi connectivity index (χ2v) is 9.94. The third-order valence-electron chi connectivity index (χ3n) is 4.67. The summed E-state index contributed by atoms with van der Waals surface area (Å²) in [6.07, 6.45) is 0. The molecule has 0 radical (unpaired) electrons. The Kier molecular flexibility index (Phi) is 6.40. The largest absolute Gasteiger partial charge is 0.296 e. The van der Waals surface area contributed by atoms with Gasteiger partial charge in [0.05, 0.1) is 6.04 Å². The van der Waals surface area contributed by atoms with E-state index >= 15 is 0 Å². The lowest BCUT2D eigenvalue weighted by molar-refractivity contribution is 0.102. The number of carbonyl (C=O) groups excluding carboxylic acids is 1. The highest BCUT2D eigenvalue weighted by molar-refractivity contribution is 7.91. The van der Waals surface area contributed by atoms with E-state index in [-0.39, 0.29) is 15.4 Å². The number of aromatic nitrogens is 2. The van der Waals surface area contributed by atoms with Gasteiger partial charge in [-0.15, -0.1) is 10.2 Å². The zero-order valence-corrected chi connectivity index (χ0v) is 18.7. The molecule has 1 unspecified atom stereocenters. The maximum atomic E-state index is 13.1. The highest BCUT2D eigenvalue weighted by Gasteiger charge is 2.27. The van der Waals surface area contributed by atoms with Crippen LogP contribution in [0.2, 0.25) is 0 Å². The molecule has 162 valence electrons. The van der Waals surface area contributed by atoms with Crippen LogP contribution in [0.25, 0.3) is 0 Å². The minimum absolute atomic E-state index is 0.103. The number of benzene rings is 3. The smallest absolute Gasteiger partial charge is 0.270 e. The third-order valence-corrected chi connectivity index (χ3v) is 7.30. The van der Waals surface area contributed by atoms with Crippen molar-refractivity contribution in [2.24, 2.45) is 0 Å². The molecule has 0 saturated carbocycles. The first-order valence-electron chi connectivity index (χ1n) is 9.76. The Bertz CT molecular complexity index is 1320. The molecule has 0 bridgehead atoms. The quantitative estimate of drug-likeness (QED) is 0.400. The molecule has 0 spiro atoms. The highest BCUT2D eigenvalue weighted by atomic mass is 32.2. The summed E-state index contributed by atoms with van der Waals surface area (Å²) >= 11 is 0.794. The first kappa shape index (κ1) is 21.8. The van der Waals surface area contributed by atoms with Crippen molar-refractivity contribution in [2.75, 3.05) is 5.32 Å². The van der Waals surface area contributed by atoms with Crippen LogP contribution in [0.3, 0.4) is 0 Å². The Balaban J connectivity index is 1.59. The first-order valence-corrected chi connectivity index (χ1v) is 12.1. The van der Waals surface area contributed by atoms with Gasteiger partial charge in [0.1, 0.15) is 0 Å². The van der Waals surface area contributed by atoms with Crippen molar-refractivity contribution < 1.29 is 13.2 Å². The van der Waals surface area contributed by atoms with Crippen molar-refractivity contribution in [3.05, 3.63) is 107 Å². The van der Waals surface area contributed by atoms with Gasteiger partial charge in [0.15, 0.2) is 0 Å². The van der Waals surface area contributed by atoms with Crippen LogP contribution >= 0.6 is 11.3 Å². The van der Waals surface area contributed by atoms with E-state index in [9.17, 15) is 13.2 Å². The van der Waals surface area contributed by atoms with Crippen LogP contribution in [0.4, 0.5) is 5.13 Å². The summed E-state index contributed by atoms with van der Waals surface area (Å²) in [6, 6.07) is 24.9. The second kappa shape index (κ2) is 9.39. The van der Waals surface area contributed by atoms with E-state index in [1.54, 1.807) is 30.3 Å². The molecule has 4 rings (SSSR count). The van der Waals surface area contributed by atoms with Crippen LogP contribution in [-0.2, 0) is 10.0 Å². The normalized spacial score (nSPS) is 12.3. The Hall–Kier alpha value is -3.40. The van der Waals surface area contributed by atoms with E-state index in [0.717, 1.165) is 28.0 Å². The lowest BCUT2D eigenvalue weighted by Gasteiger charge is -2.19. The fourth-order valence-corrected chi connectivity index (χ4v) is 5.28. The summed E-state index contributed by atoms with van der Waals surface area (Å²) in [7, 11) is -4.00. The summed E-state index contributed by atoms with van der Waals surface area (Å²) < 4.78 is 28.8. The van der Waals surface area contributed by atoms with E-state index in [1.165, 1.54) is 0 Å². The molecule has 2 N–H and O–H groups in total. The van der Waals surface area contributed by atoms with Gasteiger partial charge in [0.2, 0.25) is 9.47 Å². The van der Waals surface area contributed by atoms with Crippen molar-refractivity contribution in [1.82, 2.24) is 14.9 Å². The van der Waals surface area contributed by atoms with Gasteiger partial charge in [-0.05, 0) is 30.2 Å². The van der Waals surface area contributed by atoms with Gasteiger partial charge >= 0.3 is 0 Å². The maximum Gasteiger partial charge on any atom is 0.270 e. The second-order valence-electron chi connectivity index (χ2n) is 7.07. The number of rotatable bonds is 7. The Labute approximate surface area is 190 Å². The van der Waals surface area contributed by atoms with E-state index in [1.807, 2.05) is 61.5 Å². The van der Waals surface area contributed by atoms with Gasteiger partial charge < -0.3 is 0 Å². The SMILES string of the molecule is Cc1cccc(C(NS(=O)(=O)c2nnc(NC(=O)c3ccccc3)s2)c2ccccc2)c1. The van der Waals surface area contributed by atoms with Crippen LogP contribution in [0.1, 0.15) is 33.1 Å². The number of nitrogens with one attached hydrogen (secondary N) is 2. The Morgan fingerprint density at radius 3 is 2.22 bits per heavy atom. The zero-order valence-electron chi connectivity index (χ0n) is 17.1. The average Bonchev–Trinajstić information content (AvgIpc) is 3.28. The topological polar surface area (TPSA) is 101 Å².